The third kappa shape index (κ3) is 4.87. The first-order chi connectivity index (χ1) is 10.3. The zero-order valence-corrected chi connectivity index (χ0v) is 12.2. The van der Waals surface area contributed by atoms with E-state index in [-0.39, 0.29) is 5.91 Å². The van der Waals surface area contributed by atoms with Crippen LogP contribution in [0.4, 0.5) is 5.69 Å². The van der Waals surface area contributed by atoms with Gasteiger partial charge in [0, 0.05) is 37.9 Å². The zero-order valence-electron chi connectivity index (χ0n) is 12.2. The van der Waals surface area contributed by atoms with Gasteiger partial charge in [-0.3, -0.25) is 14.8 Å². The van der Waals surface area contributed by atoms with Crippen LogP contribution in [0.25, 0.3) is 0 Å². The molecule has 0 aliphatic rings. The number of aromatic nitrogens is 2. The van der Waals surface area contributed by atoms with Crippen molar-refractivity contribution in [1.82, 2.24) is 15.3 Å². The fourth-order valence-corrected chi connectivity index (χ4v) is 1.86. The summed E-state index contributed by atoms with van der Waals surface area (Å²) in [4.78, 5) is 20.2. The lowest BCUT2D eigenvalue weighted by Crippen LogP contribution is -2.23. The first kappa shape index (κ1) is 15.0. The standard InChI is InChI=1S/C16H20N4O/c1-2-3-6-19-15-9-14(11-18-12-15)16(21)20-10-13-4-7-17-8-5-13/h4-5,7-9,11-12,19H,2-3,6,10H2,1H3,(H,20,21). The largest absolute Gasteiger partial charge is 0.384 e. The Morgan fingerprint density at radius 2 is 2.00 bits per heavy atom. The van der Waals surface area contributed by atoms with Crippen molar-refractivity contribution < 1.29 is 4.79 Å². The Bertz CT molecular complexity index is 571. The number of nitrogens with one attached hydrogen (secondary N) is 2. The van der Waals surface area contributed by atoms with Gasteiger partial charge in [0.15, 0.2) is 0 Å². The van der Waals surface area contributed by atoms with Gasteiger partial charge in [-0.2, -0.15) is 0 Å². The van der Waals surface area contributed by atoms with Crippen molar-refractivity contribution in [3.8, 4) is 0 Å². The summed E-state index contributed by atoms with van der Waals surface area (Å²) in [6.07, 6.45) is 8.95. The van der Waals surface area contributed by atoms with Crippen LogP contribution in [-0.4, -0.2) is 22.4 Å². The molecule has 0 saturated carbocycles. The summed E-state index contributed by atoms with van der Waals surface area (Å²) < 4.78 is 0. The van der Waals surface area contributed by atoms with Crippen LogP contribution in [0.2, 0.25) is 0 Å². The summed E-state index contributed by atoms with van der Waals surface area (Å²) in [6.45, 7) is 3.51. The number of hydrogen-bond donors (Lipinski definition) is 2. The Balaban J connectivity index is 1.91. The fraction of sp³-hybridized carbons (Fsp3) is 0.312. The molecule has 0 fully saturated rings. The van der Waals surface area contributed by atoms with Gasteiger partial charge >= 0.3 is 0 Å². The minimum Gasteiger partial charge on any atom is -0.384 e. The Hall–Kier alpha value is -2.43. The molecule has 0 saturated heterocycles. The molecular weight excluding hydrogens is 264 g/mol. The molecule has 5 nitrogen and oxygen atoms in total. The fourth-order valence-electron chi connectivity index (χ4n) is 1.86. The number of carbonyl (C=O) groups is 1. The lowest BCUT2D eigenvalue weighted by molar-refractivity contribution is 0.0950. The molecule has 0 atom stereocenters. The predicted molar refractivity (Wildman–Crippen MR) is 83.0 cm³/mol. The van der Waals surface area contributed by atoms with Crippen molar-refractivity contribution in [2.45, 2.75) is 26.3 Å². The molecular formula is C16H20N4O. The molecule has 0 aliphatic carbocycles. The van der Waals surface area contributed by atoms with Crippen molar-refractivity contribution in [2.24, 2.45) is 0 Å². The van der Waals surface area contributed by atoms with Crippen LogP contribution in [0, 0.1) is 0 Å². The van der Waals surface area contributed by atoms with E-state index in [0.29, 0.717) is 12.1 Å². The van der Waals surface area contributed by atoms with E-state index in [1.807, 2.05) is 18.2 Å². The molecule has 2 N–H and O–H groups in total. The molecule has 5 heteroatoms. The Kier molecular flexibility index (Phi) is 5.70. The van der Waals surface area contributed by atoms with Crippen molar-refractivity contribution in [3.63, 3.8) is 0 Å². The monoisotopic (exact) mass is 284 g/mol. The third-order valence-corrected chi connectivity index (χ3v) is 3.06. The van der Waals surface area contributed by atoms with Gasteiger partial charge in [0.2, 0.25) is 0 Å². The molecule has 0 aliphatic heterocycles. The van der Waals surface area contributed by atoms with Crippen LogP contribution in [0.1, 0.15) is 35.7 Å². The molecule has 110 valence electrons. The number of amides is 1. The summed E-state index contributed by atoms with van der Waals surface area (Å²) in [6, 6.07) is 5.58. The minimum absolute atomic E-state index is 0.126. The summed E-state index contributed by atoms with van der Waals surface area (Å²) in [5.74, 6) is -0.126. The van der Waals surface area contributed by atoms with Gasteiger partial charge in [-0.15, -0.1) is 0 Å². The van der Waals surface area contributed by atoms with E-state index in [1.54, 1.807) is 24.8 Å². The van der Waals surface area contributed by atoms with Gasteiger partial charge in [0.1, 0.15) is 0 Å². The highest BCUT2D eigenvalue weighted by atomic mass is 16.1. The highest BCUT2D eigenvalue weighted by Gasteiger charge is 2.06. The van der Waals surface area contributed by atoms with E-state index in [2.05, 4.69) is 27.5 Å². The van der Waals surface area contributed by atoms with E-state index in [1.165, 1.54) is 0 Å². The number of pyridine rings is 2. The van der Waals surface area contributed by atoms with Crippen molar-refractivity contribution in [2.75, 3.05) is 11.9 Å². The molecule has 2 heterocycles. The van der Waals surface area contributed by atoms with Gasteiger partial charge < -0.3 is 10.6 Å². The first-order valence-electron chi connectivity index (χ1n) is 7.15. The quantitative estimate of drug-likeness (QED) is 0.767. The second kappa shape index (κ2) is 7.99. The summed E-state index contributed by atoms with van der Waals surface area (Å²) >= 11 is 0. The second-order valence-electron chi connectivity index (χ2n) is 4.78. The molecule has 0 unspecified atom stereocenters. The van der Waals surface area contributed by atoms with Gasteiger partial charge in [-0.25, -0.2) is 0 Å². The van der Waals surface area contributed by atoms with Gasteiger partial charge in [0.05, 0.1) is 11.3 Å². The maximum Gasteiger partial charge on any atom is 0.253 e. The van der Waals surface area contributed by atoms with Crippen LogP contribution in [0.5, 0.6) is 0 Å². The predicted octanol–water partition coefficient (Wildman–Crippen LogP) is 2.62. The average molecular weight is 284 g/mol. The third-order valence-electron chi connectivity index (χ3n) is 3.06. The number of carbonyl (C=O) groups excluding carboxylic acids is 1. The van der Waals surface area contributed by atoms with E-state index in [0.717, 1.165) is 30.6 Å². The van der Waals surface area contributed by atoms with Crippen LogP contribution in [0.3, 0.4) is 0 Å². The van der Waals surface area contributed by atoms with E-state index < -0.39 is 0 Å². The molecule has 0 radical (unpaired) electrons. The molecule has 0 bridgehead atoms. The molecule has 2 aromatic rings. The van der Waals surface area contributed by atoms with Crippen LogP contribution in [0.15, 0.2) is 43.0 Å². The Morgan fingerprint density at radius 3 is 2.76 bits per heavy atom. The van der Waals surface area contributed by atoms with Crippen LogP contribution < -0.4 is 10.6 Å². The van der Waals surface area contributed by atoms with Crippen molar-refractivity contribution in [3.05, 3.63) is 54.1 Å². The van der Waals surface area contributed by atoms with Crippen molar-refractivity contribution >= 4 is 11.6 Å². The van der Waals surface area contributed by atoms with Crippen LogP contribution >= 0.6 is 0 Å². The summed E-state index contributed by atoms with van der Waals surface area (Å²) in [5, 5.41) is 6.14. The van der Waals surface area contributed by atoms with Crippen LogP contribution in [-0.2, 0) is 6.54 Å². The summed E-state index contributed by atoms with van der Waals surface area (Å²) in [5.41, 5.74) is 2.45. The second-order valence-corrected chi connectivity index (χ2v) is 4.78. The smallest absolute Gasteiger partial charge is 0.253 e. The zero-order chi connectivity index (χ0) is 14.9. The van der Waals surface area contributed by atoms with Crippen molar-refractivity contribution in [1.29, 1.82) is 0 Å². The topological polar surface area (TPSA) is 66.9 Å². The highest BCUT2D eigenvalue weighted by Crippen LogP contribution is 2.09. The van der Waals surface area contributed by atoms with E-state index in [9.17, 15) is 4.79 Å². The Labute approximate surface area is 124 Å². The number of nitrogens with zero attached hydrogens (tertiary/aromatic N) is 2. The minimum atomic E-state index is -0.126. The molecule has 2 aromatic heterocycles. The number of unbranched alkanes of at least 4 members (excludes halogenated alkanes) is 1. The van der Waals surface area contributed by atoms with Gasteiger partial charge in [0.25, 0.3) is 5.91 Å². The molecule has 0 aromatic carbocycles. The maximum atomic E-state index is 12.1. The molecule has 1 amide bonds. The van der Waals surface area contributed by atoms with E-state index >= 15 is 0 Å². The molecule has 2 rings (SSSR count). The number of hydrogen-bond acceptors (Lipinski definition) is 4. The van der Waals surface area contributed by atoms with Gasteiger partial charge in [-0.05, 0) is 30.2 Å². The number of anilines is 1. The number of rotatable bonds is 7. The normalized spacial score (nSPS) is 10.1. The Morgan fingerprint density at radius 1 is 1.19 bits per heavy atom. The highest BCUT2D eigenvalue weighted by molar-refractivity contribution is 5.94. The molecule has 0 spiro atoms. The SMILES string of the molecule is CCCCNc1cncc(C(=O)NCc2ccncc2)c1. The average Bonchev–Trinajstić information content (AvgIpc) is 2.54. The lowest BCUT2D eigenvalue weighted by atomic mass is 10.2. The van der Waals surface area contributed by atoms with E-state index in [4.69, 9.17) is 0 Å². The lowest BCUT2D eigenvalue weighted by Gasteiger charge is -2.08. The van der Waals surface area contributed by atoms with Gasteiger partial charge in [-0.1, -0.05) is 13.3 Å². The maximum absolute atomic E-state index is 12.1. The molecule has 21 heavy (non-hydrogen) atoms. The first-order valence-corrected chi connectivity index (χ1v) is 7.15. The summed E-state index contributed by atoms with van der Waals surface area (Å²) in [7, 11) is 0.